The molecule has 24 heavy (non-hydrogen) atoms. The SMILES string of the molecule is O[C@@H]1Cc2ccccc2[C@@H]1Nc1nnc(-c2cc(Br)ccc2F)s1. The maximum Gasteiger partial charge on any atom is 0.206 e. The number of aliphatic hydroxyl groups excluding tert-OH is 1. The van der Waals surface area contributed by atoms with E-state index in [9.17, 15) is 9.50 Å². The Balaban J connectivity index is 1.61. The molecule has 0 spiro atoms. The molecule has 0 unspecified atom stereocenters. The lowest BCUT2D eigenvalue weighted by Gasteiger charge is -2.16. The van der Waals surface area contributed by atoms with Crippen LogP contribution in [-0.2, 0) is 6.42 Å². The van der Waals surface area contributed by atoms with E-state index in [0.29, 0.717) is 22.1 Å². The van der Waals surface area contributed by atoms with Gasteiger partial charge >= 0.3 is 0 Å². The van der Waals surface area contributed by atoms with Crippen LogP contribution in [0.1, 0.15) is 17.2 Å². The number of aromatic nitrogens is 2. The largest absolute Gasteiger partial charge is 0.390 e. The molecule has 0 saturated heterocycles. The number of hydrogen-bond donors (Lipinski definition) is 2. The lowest BCUT2D eigenvalue weighted by molar-refractivity contribution is 0.166. The molecule has 1 aliphatic rings. The van der Waals surface area contributed by atoms with Gasteiger partial charge in [-0.1, -0.05) is 51.5 Å². The van der Waals surface area contributed by atoms with Gasteiger partial charge in [0, 0.05) is 16.5 Å². The number of rotatable bonds is 3. The van der Waals surface area contributed by atoms with Crippen LogP contribution in [0.5, 0.6) is 0 Å². The topological polar surface area (TPSA) is 58.0 Å². The van der Waals surface area contributed by atoms with Gasteiger partial charge in [0.1, 0.15) is 5.82 Å². The summed E-state index contributed by atoms with van der Waals surface area (Å²) in [6, 6.07) is 12.4. The Kier molecular flexibility index (Phi) is 4.07. The van der Waals surface area contributed by atoms with E-state index in [2.05, 4.69) is 31.4 Å². The summed E-state index contributed by atoms with van der Waals surface area (Å²) in [5, 5.41) is 22.8. The Morgan fingerprint density at radius 1 is 1.21 bits per heavy atom. The number of nitrogens with one attached hydrogen (secondary N) is 1. The normalized spacial score (nSPS) is 19.3. The summed E-state index contributed by atoms with van der Waals surface area (Å²) in [6.45, 7) is 0. The van der Waals surface area contributed by atoms with Crippen molar-refractivity contribution in [1.82, 2.24) is 10.2 Å². The highest BCUT2D eigenvalue weighted by molar-refractivity contribution is 9.10. The fourth-order valence-corrected chi connectivity index (χ4v) is 4.09. The van der Waals surface area contributed by atoms with Crippen molar-refractivity contribution in [1.29, 1.82) is 0 Å². The van der Waals surface area contributed by atoms with Crippen LogP contribution >= 0.6 is 27.3 Å². The van der Waals surface area contributed by atoms with E-state index in [4.69, 9.17) is 0 Å². The summed E-state index contributed by atoms with van der Waals surface area (Å²) in [5.74, 6) is -0.341. The molecule has 1 aromatic heterocycles. The smallest absolute Gasteiger partial charge is 0.206 e. The highest BCUT2D eigenvalue weighted by atomic mass is 79.9. The lowest BCUT2D eigenvalue weighted by atomic mass is 10.1. The molecule has 0 fully saturated rings. The van der Waals surface area contributed by atoms with Crippen molar-refractivity contribution in [2.45, 2.75) is 18.6 Å². The van der Waals surface area contributed by atoms with Crippen LogP contribution in [0.15, 0.2) is 46.9 Å². The zero-order valence-corrected chi connectivity index (χ0v) is 14.8. The average molecular weight is 406 g/mol. The predicted molar refractivity (Wildman–Crippen MR) is 95.5 cm³/mol. The van der Waals surface area contributed by atoms with Gasteiger partial charge in [0.05, 0.1) is 12.1 Å². The van der Waals surface area contributed by atoms with Gasteiger partial charge in [-0.25, -0.2) is 4.39 Å². The minimum Gasteiger partial charge on any atom is -0.390 e. The molecule has 7 heteroatoms. The van der Waals surface area contributed by atoms with Gasteiger partial charge in [-0.15, -0.1) is 10.2 Å². The maximum atomic E-state index is 14.0. The van der Waals surface area contributed by atoms with Gasteiger partial charge in [-0.3, -0.25) is 0 Å². The van der Waals surface area contributed by atoms with E-state index in [-0.39, 0.29) is 11.9 Å². The average Bonchev–Trinajstić information content (AvgIpc) is 3.15. The van der Waals surface area contributed by atoms with Crippen molar-refractivity contribution in [2.24, 2.45) is 0 Å². The number of fused-ring (bicyclic) bond motifs is 1. The first kappa shape index (κ1) is 15.7. The van der Waals surface area contributed by atoms with Crippen molar-refractivity contribution in [3.63, 3.8) is 0 Å². The summed E-state index contributed by atoms with van der Waals surface area (Å²) in [6.07, 6.45) is 0.0945. The van der Waals surface area contributed by atoms with Crippen LogP contribution < -0.4 is 5.32 Å². The van der Waals surface area contributed by atoms with Gasteiger partial charge in [0.15, 0.2) is 5.01 Å². The van der Waals surface area contributed by atoms with E-state index in [1.165, 1.54) is 17.4 Å². The summed E-state index contributed by atoms with van der Waals surface area (Å²) in [7, 11) is 0. The Bertz CT molecular complexity index is 901. The maximum absolute atomic E-state index is 14.0. The van der Waals surface area contributed by atoms with Crippen LogP contribution in [0.4, 0.5) is 9.52 Å². The Morgan fingerprint density at radius 3 is 2.92 bits per heavy atom. The van der Waals surface area contributed by atoms with E-state index in [1.807, 2.05) is 24.3 Å². The van der Waals surface area contributed by atoms with Crippen LogP contribution in [0.2, 0.25) is 0 Å². The first-order valence-electron chi connectivity index (χ1n) is 7.43. The van der Waals surface area contributed by atoms with Crippen LogP contribution in [0.3, 0.4) is 0 Å². The molecule has 2 atom stereocenters. The first-order valence-corrected chi connectivity index (χ1v) is 9.04. The Morgan fingerprint density at radius 2 is 2.04 bits per heavy atom. The quantitative estimate of drug-likeness (QED) is 0.686. The Hall–Kier alpha value is -1.83. The molecule has 122 valence electrons. The van der Waals surface area contributed by atoms with Crippen molar-refractivity contribution in [3.05, 3.63) is 63.9 Å². The fraction of sp³-hybridized carbons (Fsp3) is 0.176. The van der Waals surface area contributed by atoms with Crippen LogP contribution in [-0.4, -0.2) is 21.4 Å². The van der Waals surface area contributed by atoms with E-state index >= 15 is 0 Å². The standard InChI is InChI=1S/C17H13BrFN3OS/c18-10-5-6-13(19)12(8-10)16-21-22-17(24-16)20-15-11-4-2-1-3-9(11)7-14(15)23/h1-6,8,14-15,23H,7H2,(H,20,22)/t14-,15+/m1/s1. The predicted octanol–water partition coefficient (Wildman–Crippen LogP) is 4.18. The van der Waals surface area contributed by atoms with Gasteiger partial charge in [-0.2, -0.15) is 0 Å². The van der Waals surface area contributed by atoms with Crippen molar-refractivity contribution in [3.8, 4) is 10.6 Å². The molecule has 2 aromatic carbocycles. The lowest BCUT2D eigenvalue weighted by Crippen LogP contribution is -2.21. The van der Waals surface area contributed by atoms with E-state index < -0.39 is 6.10 Å². The molecule has 0 radical (unpaired) electrons. The van der Waals surface area contributed by atoms with Gasteiger partial charge < -0.3 is 10.4 Å². The number of nitrogens with zero attached hydrogens (tertiary/aromatic N) is 2. The van der Waals surface area contributed by atoms with Crippen LogP contribution in [0.25, 0.3) is 10.6 Å². The second-order valence-corrected chi connectivity index (χ2v) is 7.52. The van der Waals surface area contributed by atoms with E-state index in [1.54, 1.807) is 12.1 Å². The highest BCUT2D eigenvalue weighted by Crippen LogP contribution is 2.36. The molecule has 1 heterocycles. The van der Waals surface area contributed by atoms with Gasteiger partial charge in [-0.05, 0) is 29.3 Å². The molecule has 1 aliphatic carbocycles. The number of benzene rings is 2. The molecule has 0 amide bonds. The minimum atomic E-state index is -0.516. The number of anilines is 1. The van der Waals surface area contributed by atoms with Gasteiger partial charge in [0.25, 0.3) is 0 Å². The molecule has 3 aromatic rings. The summed E-state index contributed by atoms with van der Waals surface area (Å²) in [4.78, 5) is 0. The number of hydrogen-bond acceptors (Lipinski definition) is 5. The zero-order chi connectivity index (χ0) is 16.7. The molecular weight excluding hydrogens is 393 g/mol. The van der Waals surface area contributed by atoms with Gasteiger partial charge in [0.2, 0.25) is 5.13 Å². The monoisotopic (exact) mass is 405 g/mol. The molecule has 0 saturated carbocycles. The summed E-state index contributed by atoms with van der Waals surface area (Å²) >= 11 is 4.61. The highest BCUT2D eigenvalue weighted by Gasteiger charge is 2.31. The number of halogens is 2. The van der Waals surface area contributed by atoms with Crippen molar-refractivity contribution in [2.75, 3.05) is 5.32 Å². The number of aliphatic hydroxyl groups is 1. The van der Waals surface area contributed by atoms with Crippen LogP contribution in [0, 0.1) is 5.82 Å². The molecule has 4 rings (SSSR count). The third-order valence-corrected chi connectivity index (χ3v) is 5.45. The first-order chi connectivity index (χ1) is 11.6. The Labute approximate surface area is 150 Å². The third kappa shape index (κ3) is 2.83. The minimum absolute atomic E-state index is 0.227. The molecule has 2 N–H and O–H groups in total. The fourth-order valence-electron chi connectivity index (χ4n) is 2.93. The van der Waals surface area contributed by atoms with Crippen molar-refractivity contribution >= 4 is 32.4 Å². The molecule has 4 nitrogen and oxygen atoms in total. The third-order valence-electron chi connectivity index (χ3n) is 4.07. The van der Waals surface area contributed by atoms with E-state index in [0.717, 1.165) is 15.6 Å². The molecular formula is C17H13BrFN3OS. The summed E-state index contributed by atoms with van der Waals surface area (Å²) < 4.78 is 14.8. The van der Waals surface area contributed by atoms with Crippen molar-refractivity contribution < 1.29 is 9.50 Å². The molecule has 0 aliphatic heterocycles. The molecule has 0 bridgehead atoms. The second-order valence-electron chi connectivity index (χ2n) is 5.63. The summed E-state index contributed by atoms with van der Waals surface area (Å²) in [5.41, 5.74) is 2.60. The zero-order valence-electron chi connectivity index (χ0n) is 12.4. The second kappa shape index (κ2) is 6.23.